The van der Waals surface area contributed by atoms with Gasteiger partial charge in [-0.3, -0.25) is 4.79 Å². The van der Waals surface area contributed by atoms with Crippen molar-refractivity contribution in [2.75, 3.05) is 33.4 Å². The van der Waals surface area contributed by atoms with Gasteiger partial charge < -0.3 is 20.1 Å². The highest BCUT2D eigenvalue weighted by Gasteiger charge is 2.09. The Balaban J connectivity index is 2.55. The van der Waals surface area contributed by atoms with E-state index in [2.05, 4.69) is 17.6 Å². The van der Waals surface area contributed by atoms with Crippen molar-refractivity contribution in [1.82, 2.24) is 10.6 Å². The average molecular weight is 280 g/mol. The molecule has 0 bridgehead atoms. The van der Waals surface area contributed by atoms with E-state index in [0.717, 1.165) is 30.0 Å². The van der Waals surface area contributed by atoms with Crippen molar-refractivity contribution in [3.05, 3.63) is 29.3 Å². The van der Waals surface area contributed by atoms with Gasteiger partial charge in [0.05, 0.1) is 6.61 Å². The van der Waals surface area contributed by atoms with Crippen LogP contribution in [-0.4, -0.2) is 39.3 Å². The van der Waals surface area contributed by atoms with Crippen molar-refractivity contribution in [1.29, 1.82) is 0 Å². The third-order valence-corrected chi connectivity index (χ3v) is 2.83. The van der Waals surface area contributed by atoms with Gasteiger partial charge in [-0.2, -0.15) is 0 Å². The average Bonchev–Trinajstić information content (AvgIpc) is 2.44. The predicted molar refractivity (Wildman–Crippen MR) is 78.9 cm³/mol. The minimum absolute atomic E-state index is 0.0215. The maximum atomic E-state index is 11.6. The molecular weight excluding hydrogens is 256 g/mol. The van der Waals surface area contributed by atoms with Gasteiger partial charge in [0.25, 0.3) is 5.91 Å². The molecule has 20 heavy (non-hydrogen) atoms. The molecule has 0 saturated heterocycles. The highest BCUT2D eigenvalue weighted by atomic mass is 16.5. The molecule has 0 aliphatic carbocycles. The summed E-state index contributed by atoms with van der Waals surface area (Å²) in [4.78, 5) is 11.6. The predicted octanol–water partition coefficient (Wildman–Crippen LogP) is 1.25. The summed E-state index contributed by atoms with van der Waals surface area (Å²) in [6.07, 6.45) is 0. The lowest BCUT2D eigenvalue weighted by Crippen LogP contribution is -2.31. The minimum Gasteiger partial charge on any atom is -0.483 e. The molecule has 0 aliphatic rings. The van der Waals surface area contributed by atoms with E-state index in [1.54, 1.807) is 7.11 Å². The standard InChI is InChI=1S/C15H24N2O3/c1-4-16-10-13-7-5-6-12(2)15(13)20-11-14(18)17-8-9-19-3/h5-7,16H,4,8-11H2,1-3H3,(H,17,18). The summed E-state index contributed by atoms with van der Waals surface area (Å²) in [6, 6.07) is 5.98. The number of methoxy groups -OCH3 is 1. The number of carbonyl (C=O) groups excluding carboxylic acids is 1. The fourth-order valence-electron chi connectivity index (χ4n) is 1.80. The molecule has 0 spiro atoms. The first-order chi connectivity index (χ1) is 9.69. The first kappa shape index (κ1) is 16.5. The van der Waals surface area contributed by atoms with E-state index in [9.17, 15) is 4.79 Å². The monoisotopic (exact) mass is 280 g/mol. The number of amides is 1. The fourth-order valence-corrected chi connectivity index (χ4v) is 1.80. The molecule has 0 fully saturated rings. The molecule has 5 heteroatoms. The van der Waals surface area contributed by atoms with Crippen LogP contribution in [0.25, 0.3) is 0 Å². The van der Waals surface area contributed by atoms with Gasteiger partial charge in [-0.1, -0.05) is 25.1 Å². The summed E-state index contributed by atoms with van der Waals surface area (Å²) in [6.45, 7) is 6.68. The molecule has 2 N–H and O–H groups in total. The molecule has 0 radical (unpaired) electrons. The van der Waals surface area contributed by atoms with Crippen molar-refractivity contribution in [3.63, 3.8) is 0 Å². The van der Waals surface area contributed by atoms with Crippen molar-refractivity contribution >= 4 is 5.91 Å². The Labute approximate surface area is 120 Å². The Kier molecular flexibility index (Phi) is 7.69. The van der Waals surface area contributed by atoms with E-state index in [4.69, 9.17) is 9.47 Å². The SMILES string of the molecule is CCNCc1cccc(C)c1OCC(=O)NCCOC. The lowest BCUT2D eigenvalue weighted by molar-refractivity contribution is -0.123. The number of ether oxygens (including phenoxy) is 2. The zero-order valence-electron chi connectivity index (χ0n) is 12.5. The zero-order chi connectivity index (χ0) is 14.8. The van der Waals surface area contributed by atoms with E-state index < -0.39 is 0 Å². The molecule has 0 saturated carbocycles. The van der Waals surface area contributed by atoms with Gasteiger partial charge in [0.2, 0.25) is 0 Å². The van der Waals surface area contributed by atoms with Crippen LogP contribution in [0.2, 0.25) is 0 Å². The minimum atomic E-state index is -0.139. The van der Waals surface area contributed by atoms with Crippen LogP contribution in [0.15, 0.2) is 18.2 Å². The molecular formula is C15H24N2O3. The van der Waals surface area contributed by atoms with Crippen molar-refractivity contribution in [2.24, 2.45) is 0 Å². The summed E-state index contributed by atoms with van der Waals surface area (Å²) >= 11 is 0. The summed E-state index contributed by atoms with van der Waals surface area (Å²) in [5.41, 5.74) is 2.10. The molecule has 0 atom stereocenters. The molecule has 0 heterocycles. The van der Waals surface area contributed by atoms with E-state index in [1.165, 1.54) is 0 Å². The van der Waals surface area contributed by atoms with Gasteiger partial charge in [0.15, 0.2) is 6.61 Å². The number of para-hydroxylation sites is 1. The number of benzene rings is 1. The van der Waals surface area contributed by atoms with Crippen LogP contribution in [0.4, 0.5) is 0 Å². The summed E-state index contributed by atoms with van der Waals surface area (Å²) in [7, 11) is 1.60. The second-order valence-electron chi connectivity index (χ2n) is 4.47. The van der Waals surface area contributed by atoms with Crippen molar-refractivity contribution in [2.45, 2.75) is 20.4 Å². The van der Waals surface area contributed by atoms with Gasteiger partial charge >= 0.3 is 0 Å². The number of hydrogen-bond donors (Lipinski definition) is 2. The Morgan fingerprint density at radius 2 is 2.15 bits per heavy atom. The van der Waals surface area contributed by atoms with Crippen LogP contribution in [0, 0.1) is 6.92 Å². The number of nitrogens with one attached hydrogen (secondary N) is 2. The maximum Gasteiger partial charge on any atom is 0.258 e. The molecule has 1 aromatic rings. The Morgan fingerprint density at radius 1 is 1.35 bits per heavy atom. The fraction of sp³-hybridized carbons (Fsp3) is 0.533. The third-order valence-electron chi connectivity index (χ3n) is 2.83. The summed E-state index contributed by atoms with van der Waals surface area (Å²) < 4.78 is 10.5. The first-order valence-electron chi connectivity index (χ1n) is 6.86. The lowest BCUT2D eigenvalue weighted by Gasteiger charge is -2.14. The Morgan fingerprint density at radius 3 is 2.85 bits per heavy atom. The number of hydrogen-bond acceptors (Lipinski definition) is 4. The molecule has 0 unspecified atom stereocenters. The second kappa shape index (κ2) is 9.34. The van der Waals surface area contributed by atoms with Gasteiger partial charge in [0, 0.05) is 25.8 Å². The van der Waals surface area contributed by atoms with Gasteiger partial charge in [-0.15, -0.1) is 0 Å². The van der Waals surface area contributed by atoms with Crippen molar-refractivity contribution < 1.29 is 14.3 Å². The molecule has 5 nitrogen and oxygen atoms in total. The molecule has 0 aromatic heterocycles. The highest BCUT2D eigenvalue weighted by molar-refractivity contribution is 5.77. The van der Waals surface area contributed by atoms with Crippen LogP contribution < -0.4 is 15.4 Å². The van der Waals surface area contributed by atoms with Gasteiger partial charge in [-0.25, -0.2) is 0 Å². The second-order valence-corrected chi connectivity index (χ2v) is 4.47. The molecule has 1 amide bonds. The number of carbonyl (C=O) groups is 1. The Hall–Kier alpha value is -1.59. The summed E-state index contributed by atoms with van der Waals surface area (Å²) in [5.74, 6) is 0.648. The quantitative estimate of drug-likeness (QED) is 0.668. The van der Waals surface area contributed by atoms with Crippen LogP contribution in [0.1, 0.15) is 18.1 Å². The maximum absolute atomic E-state index is 11.6. The van der Waals surface area contributed by atoms with Crippen molar-refractivity contribution in [3.8, 4) is 5.75 Å². The van der Waals surface area contributed by atoms with E-state index in [0.29, 0.717) is 13.2 Å². The van der Waals surface area contributed by atoms with Crippen LogP contribution >= 0.6 is 0 Å². The van der Waals surface area contributed by atoms with E-state index >= 15 is 0 Å². The van der Waals surface area contributed by atoms with E-state index in [1.807, 2.05) is 25.1 Å². The topological polar surface area (TPSA) is 59.6 Å². The number of aryl methyl sites for hydroxylation is 1. The largest absolute Gasteiger partial charge is 0.483 e. The molecule has 112 valence electrons. The molecule has 0 aliphatic heterocycles. The zero-order valence-corrected chi connectivity index (χ0v) is 12.5. The third kappa shape index (κ3) is 5.59. The number of rotatable bonds is 9. The first-order valence-corrected chi connectivity index (χ1v) is 6.86. The molecule has 1 rings (SSSR count). The highest BCUT2D eigenvalue weighted by Crippen LogP contribution is 2.23. The lowest BCUT2D eigenvalue weighted by atomic mass is 10.1. The normalized spacial score (nSPS) is 10.3. The smallest absolute Gasteiger partial charge is 0.258 e. The van der Waals surface area contributed by atoms with Gasteiger partial charge in [-0.05, 0) is 19.0 Å². The van der Waals surface area contributed by atoms with Crippen LogP contribution in [-0.2, 0) is 16.1 Å². The van der Waals surface area contributed by atoms with E-state index in [-0.39, 0.29) is 12.5 Å². The summed E-state index contributed by atoms with van der Waals surface area (Å²) in [5, 5.41) is 6.00. The van der Waals surface area contributed by atoms with Gasteiger partial charge in [0.1, 0.15) is 5.75 Å². The van der Waals surface area contributed by atoms with Crippen LogP contribution in [0.3, 0.4) is 0 Å². The Bertz CT molecular complexity index is 422. The van der Waals surface area contributed by atoms with Crippen LogP contribution in [0.5, 0.6) is 5.75 Å². The molecule has 1 aromatic carbocycles.